The van der Waals surface area contributed by atoms with E-state index in [0.717, 1.165) is 0 Å². The molecule has 1 unspecified atom stereocenters. The Kier molecular flexibility index (Phi) is 3.78. The Morgan fingerprint density at radius 1 is 1.08 bits per heavy atom. The molecule has 0 aromatic heterocycles. The number of allylic oxidation sites excluding steroid dienone is 1. The second-order valence-electron chi connectivity index (χ2n) is 6.53. The molecule has 0 aromatic rings. The van der Waals surface area contributed by atoms with Gasteiger partial charge in [0.1, 0.15) is 0 Å². The Morgan fingerprint density at radius 3 is 1.54 bits per heavy atom. The molecule has 0 aromatic carbocycles. The van der Waals surface area contributed by atoms with Crippen LogP contribution in [0.1, 0.15) is 54.9 Å². The van der Waals surface area contributed by atoms with Crippen molar-refractivity contribution in [2.24, 2.45) is 16.7 Å². The summed E-state index contributed by atoms with van der Waals surface area (Å²) < 4.78 is 0. The van der Waals surface area contributed by atoms with Crippen LogP contribution in [0, 0.1) is 16.7 Å². The third-order valence-electron chi connectivity index (χ3n) is 2.46. The summed E-state index contributed by atoms with van der Waals surface area (Å²) in [5.74, 6) is 0.632. The highest BCUT2D eigenvalue weighted by Crippen LogP contribution is 2.39. The lowest BCUT2D eigenvalue weighted by atomic mass is 9.69. The van der Waals surface area contributed by atoms with E-state index in [2.05, 4.69) is 55.0 Å². The molecular weight excluding hydrogens is 156 g/mol. The maximum absolute atomic E-state index is 4.11. The van der Waals surface area contributed by atoms with Crippen LogP contribution in [0.25, 0.3) is 0 Å². The minimum Gasteiger partial charge on any atom is -0.0998 e. The predicted molar refractivity (Wildman–Crippen MR) is 61.8 cm³/mol. The van der Waals surface area contributed by atoms with E-state index in [1.807, 2.05) is 0 Å². The summed E-state index contributed by atoms with van der Waals surface area (Å²) in [5, 5.41) is 0. The molecule has 0 N–H and O–H groups in total. The van der Waals surface area contributed by atoms with Gasteiger partial charge >= 0.3 is 0 Å². The topological polar surface area (TPSA) is 0 Å². The lowest BCUT2D eigenvalue weighted by Gasteiger charge is -2.36. The molecule has 0 fully saturated rings. The van der Waals surface area contributed by atoms with Gasteiger partial charge in [-0.2, -0.15) is 0 Å². The molecular formula is C13H26. The van der Waals surface area contributed by atoms with Gasteiger partial charge in [0.25, 0.3) is 0 Å². The molecule has 0 radical (unpaired) electrons. The zero-order valence-corrected chi connectivity index (χ0v) is 10.5. The summed E-state index contributed by atoms with van der Waals surface area (Å²) in [6.45, 7) is 20.1. The van der Waals surface area contributed by atoms with E-state index in [0.29, 0.717) is 16.7 Å². The largest absolute Gasteiger partial charge is 0.0998 e. The molecule has 0 rings (SSSR count). The third kappa shape index (κ3) is 5.13. The predicted octanol–water partition coefficient (Wildman–Crippen LogP) is 4.66. The Morgan fingerprint density at radius 2 is 1.46 bits per heavy atom. The highest BCUT2D eigenvalue weighted by molar-refractivity contribution is 5.02. The maximum atomic E-state index is 4.11. The number of hydrogen-bond acceptors (Lipinski definition) is 0. The molecule has 0 aliphatic carbocycles. The summed E-state index contributed by atoms with van der Waals surface area (Å²) in [6.07, 6.45) is 1.23. The van der Waals surface area contributed by atoms with Crippen LogP contribution < -0.4 is 0 Å². The van der Waals surface area contributed by atoms with Gasteiger partial charge in [0, 0.05) is 0 Å². The number of hydrogen-bond donors (Lipinski definition) is 0. The summed E-state index contributed by atoms with van der Waals surface area (Å²) in [7, 11) is 0. The van der Waals surface area contributed by atoms with Gasteiger partial charge in [0.05, 0.1) is 0 Å². The second kappa shape index (κ2) is 3.86. The van der Waals surface area contributed by atoms with Gasteiger partial charge in [-0.3, -0.25) is 0 Å². The Hall–Kier alpha value is -0.260. The van der Waals surface area contributed by atoms with Gasteiger partial charge in [-0.25, -0.2) is 0 Å². The van der Waals surface area contributed by atoms with Crippen LogP contribution >= 0.6 is 0 Å². The minimum atomic E-state index is 0.346. The van der Waals surface area contributed by atoms with Crippen molar-refractivity contribution in [3.8, 4) is 0 Å². The SMILES string of the molecule is C=C(C)C(CC(C)(C)C)C(C)(C)C. The van der Waals surface area contributed by atoms with Crippen molar-refractivity contribution >= 4 is 0 Å². The van der Waals surface area contributed by atoms with Gasteiger partial charge in [-0.15, -0.1) is 0 Å². The Bertz CT molecular complexity index is 173. The second-order valence-corrected chi connectivity index (χ2v) is 6.53. The monoisotopic (exact) mass is 182 g/mol. The van der Waals surface area contributed by atoms with Crippen molar-refractivity contribution in [1.29, 1.82) is 0 Å². The Labute approximate surface area is 84.4 Å². The van der Waals surface area contributed by atoms with Crippen LogP contribution in [0.2, 0.25) is 0 Å². The fourth-order valence-electron chi connectivity index (χ4n) is 1.83. The zero-order valence-electron chi connectivity index (χ0n) is 10.5. The molecule has 1 atom stereocenters. The molecule has 0 bridgehead atoms. The van der Waals surface area contributed by atoms with E-state index in [1.165, 1.54) is 12.0 Å². The highest BCUT2D eigenvalue weighted by Gasteiger charge is 2.29. The van der Waals surface area contributed by atoms with E-state index in [1.54, 1.807) is 0 Å². The molecule has 0 nitrogen and oxygen atoms in total. The van der Waals surface area contributed by atoms with Crippen molar-refractivity contribution in [3.05, 3.63) is 12.2 Å². The molecule has 0 spiro atoms. The molecule has 0 aliphatic rings. The van der Waals surface area contributed by atoms with Crippen LogP contribution in [0.4, 0.5) is 0 Å². The molecule has 0 heterocycles. The normalized spacial score (nSPS) is 15.6. The van der Waals surface area contributed by atoms with Crippen LogP contribution in [0.5, 0.6) is 0 Å². The smallest absolute Gasteiger partial charge is 0.0155 e. The number of rotatable bonds is 2. The standard InChI is InChI=1S/C13H26/c1-10(2)11(13(6,7)8)9-12(3,4)5/h11H,1,9H2,2-8H3. The maximum Gasteiger partial charge on any atom is -0.0155 e. The highest BCUT2D eigenvalue weighted by atomic mass is 14.3. The first-order valence-corrected chi connectivity index (χ1v) is 5.19. The summed E-state index contributed by atoms with van der Waals surface area (Å²) >= 11 is 0. The van der Waals surface area contributed by atoms with Crippen LogP contribution in [-0.4, -0.2) is 0 Å². The van der Waals surface area contributed by atoms with E-state index in [9.17, 15) is 0 Å². The van der Waals surface area contributed by atoms with E-state index in [4.69, 9.17) is 0 Å². The average Bonchev–Trinajstić information content (AvgIpc) is 1.77. The first-order valence-electron chi connectivity index (χ1n) is 5.19. The molecule has 13 heavy (non-hydrogen) atoms. The summed E-state index contributed by atoms with van der Waals surface area (Å²) in [6, 6.07) is 0. The molecule has 78 valence electrons. The van der Waals surface area contributed by atoms with Crippen LogP contribution in [-0.2, 0) is 0 Å². The molecule has 0 saturated heterocycles. The first kappa shape index (κ1) is 12.7. The van der Waals surface area contributed by atoms with E-state index < -0.39 is 0 Å². The van der Waals surface area contributed by atoms with Gasteiger partial charge in [0.2, 0.25) is 0 Å². The van der Waals surface area contributed by atoms with Crippen LogP contribution in [0.3, 0.4) is 0 Å². The minimum absolute atomic E-state index is 0.346. The fourth-order valence-corrected chi connectivity index (χ4v) is 1.83. The Balaban J connectivity index is 4.56. The van der Waals surface area contributed by atoms with Crippen molar-refractivity contribution in [3.63, 3.8) is 0 Å². The van der Waals surface area contributed by atoms with Crippen molar-refractivity contribution < 1.29 is 0 Å². The van der Waals surface area contributed by atoms with E-state index >= 15 is 0 Å². The van der Waals surface area contributed by atoms with Crippen LogP contribution in [0.15, 0.2) is 12.2 Å². The summed E-state index contributed by atoms with van der Waals surface area (Å²) in [5.41, 5.74) is 2.07. The lowest BCUT2D eigenvalue weighted by Crippen LogP contribution is -2.26. The molecule has 0 amide bonds. The van der Waals surface area contributed by atoms with Gasteiger partial charge in [-0.05, 0) is 30.1 Å². The van der Waals surface area contributed by atoms with Crippen molar-refractivity contribution in [1.82, 2.24) is 0 Å². The molecule has 0 heteroatoms. The molecule has 0 aliphatic heterocycles. The van der Waals surface area contributed by atoms with Gasteiger partial charge in [0.15, 0.2) is 0 Å². The zero-order chi connectivity index (χ0) is 10.9. The quantitative estimate of drug-likeness (QED) is 0.545. The average molecular weight is 182 g/mol. The van der Waals surface area contributed by atoms with Gasteiger partial charge in [-0.1, -0.05) is 53.7 Å². The van der Waals surface area contributed by atoms with Crippen molar-refractivity contribution in [2.45, 2.75) is 54.9 Å². The molecule has 0 saturated carbocycles. The first-order chi connectivity index (χ1) is 5.54. The summed E-state index contributed by atoms with van der Waals surface area (Å²) in [4.78, 5) is 0. The van der Waals surface area contributed by atoms with E-state index in [-0.39, 0.29) is 0 Å². The third-order valence-corrected chi connectivity index (χ3v) is 2.46. The van der Waals surface area contributed by atoms with Gasteiger partial charge < -0.3 is 0 Å². The lowest BCUT2D eigenvalue weighted by molar-refractivity contribution is 0.197. The fraction of sp³-hybridized carbons (Fsp3) is 0.846. The van der Waals surface area contributed by atoms with Crippen molar-refractivity contribution in [2.75, 3.05) is 0 Å².